The van der Waals surface area contributed by atoms with Crippen LogP contribution in [0.25, 0.3) is 0 Å². The quantitative estimate of drug-likeness (QED) is 0.805. The molecule has 0 aliphatic carbocycles. The van der Waals surface area contributed by atoms with Crippen molar-refractivity contribution in [1.82, 2.24) is 5.32 Å². The summed E-state index contributed by atoms with van der Waals surface area (Å²) in [6.07, 6.45) is 0.277. The van der Waals surface area contributed by atoms with Crippen molar-refractivity contribution in [3.8, 4) is 0 Å². The summed E-state index contributed by atoms with van der Waals surface area (Å²) in [5, 5.41) is 13.0. The molecule has 2 saturated heterocycles. The third-order valence-corrected chi connectivity index (χ3v) is 4.54. The van der Waals surface area contributed by atoms with Crippen molar-refractivity contribution in [2.45, 2.75) is 63.4 Å². The van der Waals surface area contributed by atoms with E-state index in [1.165, 1.54) is 0 Å². The minimum absolute atomic E-state index is 0.148. The van der Waals surface area contributed by atoms with Crippen LogP contribution in [-0.2, 0) is 25.6 Å². The number of fused-ring (bicyclic) bond motifs is 2. The highest BCUT2D eigenvalue weighted by Crippen LogP contribution is 2.42. The van der Waals surface area contributed by atoms with Gasteiger partial charge in [0, 0.05) is 12.8 Å². The zero-order valence-corrected chi connectivity index (χ0v) is 15.5. The largest absolute Gasteiger partial charge is 0.445 e. The second kappa shape index (κ2) is 7.15. The van der Waals surface area contributed by atoms with Gasteiger partial charge >= 0.3 is 12.1 Å². The number of rotatable bonds is 6. The fraction of sp³-hybridized carbons (Fsp3) is 0.632. The van der Waals surface area contributed by atoms with Gasteiger partial charge in [0.1, 0.15) is 12.6 Å². The molecule has 3 atom stereocenters. The Hall–Kier alpha value is -1.67. The number of nitrogens with one attached hydrogen (secondary N) is 1. The number of benzene rings is 1. The van der Waals surface area contributed by atoms with E-state index in [-0.39, 0.29) is 13.0 Å². The first-order valence-corrected chi connectivity index (χ1v) is 8.87. The molecule has 2 fully saturated rings. The first-order chi connectivity index (χ1) is 12.2. The number of ether oxygens (including phenoxy) is 4. The Balaban J connectivity index is 1.67. The van der Waals surface area contributed by atoms with Crippen molar-refractivity contribution in [3.63, 3.8) is 0 Å². The Labute approximate surface area is 153 Å². The molecule has 1 aromatic carbocycles. The molecule has 0 unspecified atom stereocenters. The standard InChI is InChI=1S/C19H27NO6/c1-17(2,22)11-15(19-24-10-9-18(3,26-19)13-25-19)20-16(21)23-12-14-7-5-4-6-8-14/h4-8,15,22H,9-13H2,1-3H3,(H,20,21)/t15-,18+,19-/m0/s1. The molecule has 1 amide bonds. The normalized spacial score (nSPS) is 29.2. The molecule has 7 nitrogen and oxygen atoms in total. The molecule has 2 bridgehead atoms. The molecule has 26 heavy (non-hydrogen) atoms. The molecule has 7 heteroatoms. The summed E-state index contributed by atoms with van der Waals surface area (Å²) in [5.41, 5.74) is -0.626. The van der Waals surface area contributed by atoms with Crippen molar-refractivity contribution < 1.29 is 28.8 Å². The van der Waals surface area contributed by atoms with Gasteiger partial charge in [-0.05, 0) is 26.3 Å². The summed E-state index contributed by atoms with van der Waals surface area (Å²) in [6.45, 7) is 6.24. The van der Waals surface area contributed by atoms with Gasteiger partial charge in [0.15, 0.2) is 0 Å². The van der Waals surface area contributed by atoms with Crippen molar-refractivity contribution in [1.29, 1.82) is 0 Å². The van der Waals surface area contributed by atoms with Gasteiger partial charge in [0.2, 0.25) is 0 Å². The maximum Gasteiger partial charge on any atom is 0.407 e. The second-order valence-electron chi connectivity index (χ2n) is 7.82. The predicted molar refractivity (Wildman–Crippen MR) is 93.2 cm³/mol. The summed E-state index contributed by atoms with van der Waals surface area (Å²) in [6, 6.07) is 8.69. The molecule has 2 aliphatic rings. The first kappa shape index (κ1) is 19.1. The predicted octanol–water partition coefficient (Wildman–Crippen LogP) is 2.32. The Morgan fingerprint density at radius 2 is 2.08 bits per heavy atom. The summed E-state index contributed by atoms with van der Waals surface area (Å²) in [5.74, 6) is -1.40. The van der Waals surface area contributed by atoms with E-state index < -0.39 is 29.3 Å². The van der Waals surface area contributed by atoms with E-state index in [0.717, 1.165) is 5.56 Å². The molecule has 2 heterocycles. The fourth-order valence-corrected chi connectivity index (χ4v) is 3.20. The molecule has 0 aromatic heterocycles. The van der Waals surface area contributed by atoms with Gasteiger partial charge in [-0.15, -0.1) is 0 Å². The van der Waals surface area contributed by atoms with E-state index in [1.54, 1.807) is 13.8 Å². The summed E-state index contributed by atoms with van der Waals surface area (Å²) < 4.78 is 22.9. The van der Waals surface area contributed by atoms with Crippen LogP contribution in [-0.4, -0.2) is 47.6 Å². The van der Waals surface area contributed by atoms with Crippen molar-refractivity contribution in [2.75, 3.05) is 13.2 Å². The van der Waals surface area contributed by atoms with Gasteiger partial charge < -0.3 is 29.4 Å². The summed E-state index contributed by atoms with van der Waals surface area (Å²) in [4.78, 5) is 12.3. The van der Waals surface area contributed by atoms with Crippen LogP contribution < -0.4 is 5.32 Å². The Bertz CT molecular complexity index is 631. The van der Waals surface area contributed by atoms with E-state index in [1.807, 2.05) is 37.3 Å². The highest BCUT2D eigenvalue weighted by Gasteiger charge is 2.58. The molecule has 0 radical (unpaired) electrons. The number of amides is 1. The van der Waals surface area contributed by atoms with Crippen LogP contribution >= 0.6 is 0 Å². The number of aliphatic hydroxyl groups is 1. The zero-order valence-electron chi connectivity index (χ0n) is 15.5. The van der Waals surface area contributed by atoms with Crippen LogP contribution in [0.15, 0.2) is 30.3 Å². The average molecular weight is 365 g/mol. The maximum atomic E-state index is 12.3. The van der Waals surface area contributed by atoms with Gasteiger partial charge in [-0.3, -0.25) is 0 Å². The van der Waals surface area contributed by atoms with Crippen molar-refractivity contribution in [3.05, 3.63) is 35.9 Å². The SMILES string of the molecule is CC(C)(O)C[C@H](NC(=O)OCc1ccccc1)[C@]12OCC[C@](C)(CO1)O2. The van der Waals surface area contributed by atoms with E-state index >= 15 is 0 Å². The number of hydrogen-bond acceptors (Lipinski definition) is 6. The van der Waals surface area contributed by atoms with Crippen LogP contribution in [0, 0.1) is 0 Å². The number of carbonyl (C=O) groups excluding carboxylic acids is 1. The van der Waals surface area contributed by atoms with Crippen LogP contribution in [0.4, 0.5) is 4.79 Å². The van der Waals surface area contributed by atoms with Gasteiger partial charge in [0.05, 0.1) is 24.4 Å². The van der Waals surface area contributed by atoms with E-state index in [2.05, 4.69) is 5.32 Å². The Morgan fingerprint density at radius 3 is 2.77 bits per heavy atom. The average Bonchev–Trinajstić information content (AvgIpc) is 2.82. The van der Waals surface area contributed by atoms with Crippen molar-refractivity contribution in [2.24, 2.45) is 0 Å². The molecular formula is C19H27NO6. The zero-order chi connectivity index (χ0) is 18.8. The minimum atomic E-state index is -1.40. The fourth-order valence-electron chi connectivity index (χ4n) is 3.20. The third kappa shape index (κ3) is 4.54. The summed E-state index contributed by atoms with van der Waals surface area (Å²) >= 11 is 0. The third-order valence-electron chi connectivity index (χ3n) is 4.54. The molecule has 3 rings (SSSR count). The summed E-state index contributed by atoms with van der Waals surface area (Å²) in [7, 11) is 0. The lowest BCUT2D eigenvalue weighted by atomic mass is 9.96. The monoisotopic (exact) mass is 365 g/mol. The van der Waals surface area contributed by atoms with Gasteiger partial charge in [-0.1, -0.05) is 30.3 Å². The molecule has 0 saturated carbocycles. The molecular weight excluding hydrogens is 338 g/mol. The molecule has 2 aliphatic heterocycles. The second-order valence-corrected chi connectivity index (χ2v) is 7.82. The van der Waals surface area contributed by atoms with Gasteiger partial charge in [-0.2, -0.15) is 0 Å². The first-order valence-electron chi connectivity index (χ1n) is 8.87. The van der Waals surface area contributed by atoms with E-state index in [4.69, 9.17) is 18.9 Å². The van der Waals surface area contributed by atoms with Crippen LogP contribution in [0.2, 0.25) is 0 Å². The smallest absolute Gasteiger partial charge is 0.407 e. The lowest BCUT2D eigenvalue weighted by Crippen LogP contribution is -2.60. The van der Waals surface area contributed by atoms with Crippen LogP contribution in [0.1, 0.15) is 39.2 Å². The number of alkyl carbamates (subject to hydrolysis) is 1. The molecule has 2 N–H and O–H groups in total. The lowest BCUT2D eigenvalue weighted by Gasteiger charge is -2.41. The van der Waals surface area contributed by atoms with Crippen LogP contribution in [0.3, 0.4) is 0 Å². The molecule has 1 aromatic rings. The molecule has 0 spiro atoms. The van der Waals surface area contributed by atoms with Gasteiger partial charge in [-0.25, -0.2) is 4.79 Å². The highest BCUT2D eigenvalue weighted by atomic mass is 16.9. The van der Waals surface area contributed by atoms with E-state index in [0.29, 0.717) is 19.6 Å². The number of hydrogen-bond donors (Lipinski definition) is 2. The minimum Gasteiger partial charge on any atom is -0.445 e. The Kier molecular flexibility index (Phi) is 5.25. The van der Waals surface area contributed by atoms with E-state index in [9.17, 15) is 9.90 Å². The molecule has 144 valence electrons. The topological polar surface area (TPSA) is 86.3 Å². The van der Waals surface area contributed by atoms with Crippen LogP contribution in [0.5, 0.6) is 0 Å². The highest BCUT2D eigenvalue weighted by molar-refractivity contribution is 5.67. The number of carbonyl (C=O) groups is 1. The van der Waals surface area contributed by atoms with Gasteiger partial charge in [0.25, 0.3) is 0 Å². The lowest BCUT2D eigenvalue weighted by molar-refractivity contribution is -0.380. The Morgan fingerprint density at radius 1 is 1.35 bits per heavy atom. The maximum absolute atomic E-state index is 12.3. The van der Waals surface area contributed by atoms with Crippen molar-refractivity contribution >= 4 is 6.09 Å².